The van der Waals surface area contributed by atoms with Crippen LogP contribution in [0.15, 0.2) is 77.0 Å². The van der Waals surface area contributed by atoms with Crippen LogP contribution in [-0.4, -0.2) is 10.7 Å². The van der Waals surface area contributed by atoms with Crippen LogP contribution in [0.3, 0.4) is 0 Å². The summed E-state index contributed by atoms with van der Waals surface area (Å²) in [5.41, 5.74) is 2.17. The normalized spacial score (nSPS) is 13.8. The lowest BCUT2D eigenvalue weighted by atomic mass is 10.1. The molecule has 0 spiro atoms. The zero-order valence-electron chi connectivity index (χ0n) is 15.0. The van der Waals surface area contributed by atoms with Crippen molar-refractivity contribution in [1.29, 1.82) is 0 Å². The Labute approximate surface area is 174 Å². The third-order valence-electron chi connectivity index (χ3n) is 4.36. The Morgan fingerprint density at radius 2 is 1.76 bits per heavy atom. The Kier molecular flexibility index (Phi) is 5.14. The van der Waals surface area contributed by atoms with Crippen molar-refractivity contribution in [3.8, 4) is 11.5 Å². The molecule has 29 heavy (non-hydrogen) atoms. The van der Waals surface area contributed by atoms with Crippen LogP contribution in [0, 0.1) is 10.1 Å². The number of carbonyl (C=O) groups excluding carboxylic acids is 1. The first kappa shape index (κ1) is 18.9. The molecule has 0 fully saturated rings. The van der Waals surface area contributed by atoms with Crippen LogP contribution in [0.25, 0.3) is 6.08 Å². The second-order valence-electron chi connectivity index (χ2n) is 6.36. The predicted octanol–water partition coefficient (Wildman–Crippen LogP) is 5.55. The van der Waals surface area contributed by atoms with E-state index in [1.54, 1.807) is 36.4 Å². The molecule has 6 nitrogen and oxygen atoms in total. The fourth-order valence-corrected chi connectivity index (χ4v) is 3.11. The Bertz CT molecular complexity index is 1120. The standard InChI is InChI=1S/C22H14BrNO5/c23-16-5-1-14(2-6-16)11-21-22(25)19-10-9-18(12-20(19)29-21)28-13-15-3-7-17(8-4-15)24(26)27/h1-12H,13H2. The van der Waals surface area contributed by atoms with Crippen molar-refractivity contribution < 1.29 is 19.2 Å². The molecule has 0 amide bonds. The van der Waals surface area contributed by atoms with Crippen LogP contribution in [-0.2, 0) is 6.61 Å². The van der Waals surface area contributed by atoms with E-state index in [-0.39, 0.29) is 23.8 Å². The highest BCUT2D eigenvalue weighted by Gasteiger charge is 2.27. The molecule has 1 aliphatic heterocycles. The molecule has 144 valence electrons. The number of Topliss-reactive ketones (excluding diaryl/α,β-unsaturated/α-hetero) is 1. The van der Waals surface area contributed by atoms with E-state index in [1.165, 1.54) is 12.1 Å². The number of halogens is 1. The lowest BCUT2D eigenvalue weighted by molar-refractivity contribution is -0.384. The van der Waals surface area contributed by atoms with Crippen molar-refractivity contribution >= 4 is 33.5 Å². The molecule has 7 heteroatoms. The van der Waals surface area contributed by atoms with Gasteiger partial charge in [0.15, 0.2) is 5.76 Å². The highest BCUT2D eigenvalue weighted by Crippen LogP contribution is 2.35. The van der Waals surface area contributed by atoms with Crippen LogP contribution in [0.1, 0.15) is 21.5 Å². The third kappa shape index (κ3) is 4.20. The summed E-state index contributed by atoms with van der Waals surface area (Å²) in [6.07, 6.45) is 1.70. The van der Waals surface area contributed by atoms with Crippen LogP contribution in [0.2, 0.25) is 0 Å². The van der Waals surface area contributed by atoms with Gasteiger partial charge in [-0.15, -0.1) is 0 Å². The molecule has 0 radical (unpaired) electrons. The first-order chi connectivity index (χ1) is 14.0. The minimum absolute atomic E-state index is 0.0308. The number of rotatable bonds is 5. The minimum atomic E-state index is -0.446. The second kappa shape index (κ2) is 7.89. The summed E-state index contributed by atoms with van der Waals surface area (Å²) in [7, 11) is 0. The molecule has 1 aliphatic rings. The maximum absolute atomic E-state index is 12.5. The molecular weight excluding hydrogens is 438 g/mol. The topological polar surface area (TPSA) is 78.7 Å². The number of ether oxygens (including phenoxy) is 2. The fraction of sp³-hybridized carbons (Fsp3) is 0.0455. The fourth-order valence-electron chi connectivity index (χ4n) is 2.85. The lowest BCUT2D eigenvalue weighted by Gasteiger charge is -2.07. The van der Waals surface area contributed by atoms with Gasteiger partial charge in [0, 0.05) is 22.7 Å². The Morgan fingerprint density at radius 1 is 1.03 bits per heavy atom. The van der Waals surface area contributed by atoms with E-state index in [2.05, 4.69) is 15.9 Å². The van der Waals surface area contributed by atoms with Crippen molar-refractivity contribution in [2.75, 3.05) is 0 Å². The quantitative estimate of drug-likeness (QED) is 0.288. The smallest absolute Gasteiger partial charge is 0.269 e. The maximum atomic E-state index is 12.5. The first-order valence-corrected chi connectivity index (χ1v) is 9.49. The summed E-state index contributed by atoms with van der Waals surface area (Å²) in [5, 5.41) is 10.7. The Morgan fingerprint density at radius 3 is 2.45 bits per heavy atom. The number of ketones is 1. The minimum Gasteiger partial charge on any atom is -0.489 e. The van der Waals surface area contributed by atoms with Crippen LogP contribution < -0.4 is 9.47 Å². The number of nitrogens with zero attached hydrogens (tertiary/aromatic N) is 1. The average molecular weight is 452 g/mol. The zero-order valence-corrected chi connectivity index (χ0v) is 16.6. The molecule has 0 bridgehead atoms. The number of benzene rings is 3. The number of nitro benzene ring substituents is 1. The predicted molar refractivity (Wildman–Crippen MR) is 111 cm³/mol. The highest BCUT2D eigenvalue weighted by atomic mass is 79.9. The van der Waals surface area contributed by atoms with E-state index >= 15 is 0 Å². The van der Waals surface area contributed by atoms with Gasteiger partial charge >= 0.3 is 0 Å². The van der Waals surface area contributed by atoms with Gasteiger partial charge in [0.25, 0.3) is 5.69 Å². The van der Waals surface area contributed by atoms with Crippen molar-refractivity contribution in [2.45, 2.75) is 6.61 Å². The van der Waals surface area contributed by atoms with E-state index in [1.807, 2.05) is 24.3 Å². The van der Waals surface area contributed by atoms with Gasteiger partial charge in [-0.25, -0.2) is 0 Å². The van der Waals surface area contributed by atoms with Gasteiger partial charge < -0.3 is 9.47 Å². The van der Waals surface area contributed by atoms with Crippen molar-refractivity contribution in [3.05, 3.63) is 104 Å². The van der Waals surface area contributed by atoms with Gasteiger partial charge in [-0.3, -0.25) is 14.9 Å². The molecule has 0 saturated heterocycles. The zero-order chi connectivity index (χ0) is 20.4. The Balaban J connectivity index is 1.47. The van der Waals surface area contributed by atoms with Crippen LogP contribution >= 0.6 is 15.9 Å². The molecule has 3 aromatic rings. The molecule has 0 unspecified atom stereocenters. The largest absolute Gasteiger partial charge is 0.489 e. The van der Waals surface area contributed by atoms with E-state index < -0.39 is 4.92 Å². The summed E-state index contributed by atoms with van der Waals surface area (Å²) in [6, 6.07) is 18.7. The van der Waals surface area contributed by atoms with E-state index in [0.717, 1.165) is 15.6 Å². The summed E-state index contributed by atoms with van der Waals surface area (Å²) in [6.45, 7) is 0.242. The number of nitro groups is 1. The monoisotopic (exact) mass is 451 g/mol. The van der Waals surface area contributed by atoms with Crippen molar-refractivity contribution in [2.24, 2.45) is 0 Å². The molecule has 0 atom stereocenters. The SMILES string of the molecule is O=C1C(=Cc2ccc(Br)cc2)Oc2cc(OCc3ccc([N+](=O)[O-])cc3)ccc21. The number of hydrogen-bond donors (Lipinski definition) is 0. The molecule has 0 N–H and O–H groups in total. The number of fused-ring (bicyclic) bond motifs is 1. The first-order valence-electron chi connectivity index (χ1n) is 8.69. The third-order valence-corrected chi connectivity index (χ3v) is 4.89. The van der Waals surface area contributed by atoms with Gasteiger partial charge in [-0.2, -0.15) is 0 Å². The molecule has 0 saturated carbocycles. The van der Waals surface area contributed by atoms with Crippen LogP contribution in [0.4, 0.5) is 5.69 Å². The molecular formula is C22H14BrNO5. The highest BCUT2D eigenvalue weighted by molar-refractivity contribution is 9.10. The van der Waals surface area contributed by atoms with E-state index in [0.29, 0.717) is 17.1 Å². The molecule has 0 aromatic heterocycles. The second-order valence-corrected chi connectivity index (χ2v) is 7.28. The number of carbonyl (C=O) groups is 1. The summed E-state index contributed by atoms with van der Waals surface area (Å²) in [5.74, 6) is 1.07. The average Bonchev–Trinajstić information content (AvgIpc) is 3.03. The lowest BCUT2D eigenvalue weighted by Crippen LogP contribution is -1.98. The molecule has 4 rings (SSSR count). The van der Waals surface area contributed by atoms with Crippen molar-refractivity contribution in [3.63, 3.8) is 0 Å². The van der Waals surface area contributed by atoms with E-state index in [4.69, 9.17) is 9.47 Å². The van der Waals surface area contributed by atoms with Gasteiger partial charge in [0.05, 0.1) is 10.5 Å². The summed E-state index contributed by atoms with van der Waals surface area (Å²) < 4.78 is 12.4. The van der Waals surface area contributed by atoms with E-state index in [9.17, 15) is 14.9 Å². The molecule has 3 aromatic carbocycles. The van der Waals surface area contributed by atoms with Gasteiger partial charge in [-0.05, 0) is 53.6 Å². The van der Waals surface area contributed by atoms with Gasteiger partial charge in [-0.1, -0.05) is 28.1 Å². The number of hydrogen-bond acceptors (Lipinski definition) is 5. The number of non-ortho nitro benzene ring substituents is 1. The molecule has 1 heterocycles. The van der Waals surface area contributed by atoms with Gasteiger partial charge in [0.1, 0.15) is 18.1 Å². The maximum Gasteiger partial charge on any atom is 0.269 e. The summed E-state index contributed by atoms with van der Waals surface area (Å²) >= 11 is 3.38. The van der Waals surface area contributed by atoms with Crippen LogP contribution in [0.5, 0.6) is 11.5 Å². The Hall–Kier alpha value is -3.45. The molecule has 0 aliphatic carbocycles. The van der Waals surface area contributed by atoms with Crippen molar-refractivity contribution in [1.82, 2.24) is 0 Å². The summed E-state index contributed by atoms with van der Waals surface area (Å²) in [4.78, 5) is 22.8. The number of allylic oxidation sites excluding steroid dienone is 1. The van der Waals surface area contributed by atoms with Gasteiger partial charge in [0.2, 0.25) is 5.78 Å².